The van der Waals surface area contributed by atoms with Crippen molar-refractivity contribution in [3.8, 4) is 0 Å². The number of aliphatic hydroxyl groups excluding tert-OH is 1. The number of phosphoric acid groups is 1. The number of allylic oxidation sites excluding steroid dienone is 2. The Kier molecular flexibility index (Phi) is 41.3. The van der Waals surface area contributed by atoms with E-state index in [1.54, 1.807) is 0 Å². The van der Waals surface area contributed by atoms with Crippen LogP contribution in [0.25, 0.3) is 0 Å². The first-order chi connectivity index (χ1) is 26.4. The Morgan fingerprint density at radius 1 is 0.593 bits per heavy atom. The van der Waals surface area contributed by atoms with Gasteiger partial charge in [-0.1, -0.05) is 206 Å². The number of hydrogen-bond acceptors (Lipinski definition) is 6. The quantitative estimate of drug-likeness (QED) is 0.0275. The molecule has 0 aliphatic heterocycles. The summed E-state index contributed by atoms with van der Waals surface area (Å²) in [7, 11) is -4.31. The van der Waals surface area contributed by atoms with Gasteiger partial charge in [0, 0.05) is 13.0 Å². The lowest BCUT2D eigenvalue weighted by Gasteiger charge is -2.25. The standard InChI is InChI=1S/C45H91N2O6P/c1-3-5-7-9-11-13-15-17-19-21-23-24-26-28-30-32-34-36-38-44(48)43(42-53-54(50,51)52-41-40-46)47-45(49)39-37-35-33-31-29-27-25-22-20-18-16-14-12-10-8-6-4-2/h18,20,43-44,48H,3-17,19,21-42,46H2,1-2H3,(H,47,49)(H,50,51)/b20-18-. The van der Waals surface area contributed by atoms with Crippen molar-refractivity contribution in [2.45, 2.75) is 251 Å². The van der Waals surface area contributed by atoms with Crippen LogP contribution in [-0.2, 0) is 18.4 Å². The number of hydrogen-bond donors (Lipinski definition) is 4. The average molecular weight is 787 g/mol. The first-order valence-corrected chi connectivity index (χ1v) is 24.8. The van der Waals surface area contributed by atoms with Crippen molar-refractivity contribution >= 4 is 13.7 Å². The minimum atomic E-state index is -4.31. The molecular formula is C45H91N2O6P. The van der Waals surface area contributed by atoms with Gasteiger partial charge in [-0.25, -0.2) is 4.57 Å². The van der Waals surface area contributed by atoms with Gasteiger partial charge in [0.15, 0.2) is 0 Å². The van der Waals surface area contributed by atoms with E-state index in [9.17, 15) is 19.4 Å². The lowest BCUT2D eigenvalue weighted by Crippen LogP contribution is -2.46. The molecule has 0 heterocycles. The van der Waals surface area contributed by atoms with E-state index in [1.807, 2.05) is 0 Å². The summed E-state index contributed by atoms with van der Waals surface area (Å²) in [6.07, 6.45) is 46.5. The van der Waals surface area contributed by atoms with Crippen LogP contribution in [0.1, 0.15) is 239 Å². The molecule has 0 bridgehead atoms. The Labute approximate surface area is 335 Å². The van der Waals surface area contributed by atoms with Gasteiger partial charge in [0.2, 0.25) is 5.91 Å². The molecule has 0 aliphatic rings. The fourth-order valence-corrected chi connectivity index (χ4v) is 7.83. The first-order valence-electron chi connectivity index (χ1n) is 23.3. The highest BCUT2D eigenvalue weighted by Gasteiger charge is 2.27. The first kappa shape index (κ1) is 53.2. The topological polar surface area (TPSA) is 131 Å². The number of carbonyl (C=O) groups is 1. The van der Waals surface area contributed by atoms with E-state index in [4.69, 9.17) is 14.8 Å². The molecule has 0 saturated heterocycles. The van der Waals surface area contributed by atoms with Crippen LogP contribution >= 0.6 is 7.82 Å². The Morgan fingerprint density at radius 2 is 0.963 bits per heavy atom. The van der Waals surface area contributed by atoms with Crippen LogP contribution in [0.3, 0.4) is 0 Å². The molecule has 322 valence electrons. The van der Waals surface area contributed by atoms with Crippen LogP contribution in [0.4, 0.5) is 0 Å². The third-order valence-corrected chi connectivity index (χ3v) is 11.6. The molecule has 9 heteroatoms. The monoisotopic (exact) mass is 787 g/mol. The smallest absolute Gasteiger partial charge is 0.391 e. The van der Waals surface area contributed by atoms with E-state index < -0.39 is 20.0 Å². The van der Waals surface area contributed by atoms with Gasteiger partial charge in [0.1, 0.15) is 0 Å². The second-order valence-corrected chi connectivity index (χ2v) is 17.4. The molecule has 0 rings (SSSR count). The molecule has 0 saturated carbocycles. The van der Waals surface area contributed by atoms with Gasteiger partial charge in [0.25, 0.3) is 0 Å². The summed E-state index contributed by atoms with van der Waals surface area (Å²) in [5.74, 6) is -0.163. The summed E-state index contributed by atoms with van der Waals surface area (Å²) in [6, 6.07) is -0.773. The molecule has 8 nitrogen and oxygen atoms in total. The van der Waals surface area contributed by atoms with E-state index in [0.717, 1.165) is 38.5 Å². The average Bonchev–Trinajstić information content (AvgIpc) is 3.16. The van der Waals surface area contributed by atoms with Crippen molar-refractivity contribution in [2.75, 3.05) is 19.8 Å². The lowest BCUT2D eigenvalue weighted by atomic mass is 10.0. The zero-order valence-electron chi connectivity index (χ0n) is 35.7. The van der Waals surface area contributed by atoms with Crippen molar-refractivity contribution < 1.29 is 28.4 Å². The molecule has 0 aromatic heterocycles. The SMILES string of the molecule is CCCCCCCC/C=C\CCCCCCCCCC(=O)NC(COP(=O)(O)OCCN)C(O)CCCCCCCCCCCCCCCCCCCC. The normalized spacial score (nSPS) is 14.1. The minimum absolute atomic E-state index is 0.0900. The molecule has 0 spiro atoms. The molecule has 1 amide bonds. The van der Waals surface area contributed by atoms with Crippen LogP contribution in [0.5, 0.6) is 0 Å². The van der Waals surface area contributed by atoms with Crippen LogP contribution in [-0.4, -0.2) is 47.8 Å². The van der Waals surface area contributed by atoms with Crippen LogP contribution in [0, 0.1) is 0 Å². The largest absolute Gasteiger partial charge is 0.472 e. The van der Waals surface area contributed by atoms with Gasteiger partial charge in [-0.05, 0) is 38.5 Å². The predicted octanol–water partition coefficient (Wildman–Crippen LogP) is 13.2. The van der Waals surface area contributed by atoms with E-state index in [-0.39, 0.29) is 25.7 Å². The maximum atomic E-state index is 12.8. The number of rotatable bonds is 44. The molecule has 5 N–H and O–H groups in total. The molecule has 54 heavy (non-hydrogen) atoms. The Hall–Kier alpha value is -0.760. The fourth-order valence-electron chi connectivity index (χ4n) is 7.07. The zero-order chi connectivity index (χ0) is 39.6. The van der Waals surface area contributed by atoms with Gasteiger partial charge in [-0.2, -0.15) is 0 Å². The summed E-state index contributed by atoms with van der Waals surface area (Å²) in [5, 5.41) is 13.8. The summed E-state index contributed by atoms with van der Waals surface area (Å²) in [5.41, 5.74) is 5.39. The minimum Gasteiger partial charge on any atom is -0.391 e. The van der Waals surface area contributed by atoms with Crippen molar-refractivity contribution in [3.63, 3.8) is 0 Å². The highest BCUT2D eigenvalue weighted by molar-refractivity contribution is 7.47. The molecule has 0 radical (unpaired) electrons. The van der Waals surface area contributed by atoms with Crippen LogP contribution in [0.2, 0.25) is 0 Å². The van der Waals surface area contributed by atoms with E-state index >= 15 is 0 Å². The fraction of sp³-hybridized carbons (Fsp3) is 0.933. The van der Waals surface area contributed by atoms with Gasteiger partial charge in [-0.3, -0.25) is 13.8 Å². The second kappa shape index (κ2) is 41.9. The lowest BCUT2D eigenvalue weighted by molar-refractivity contribution is -0.123. The van der Waals surface area contributed by atoms with E-state index in [1.165, 1.54) is 173 Å². The maximum Gasteiger partial charge on any atom is 0.472 e. The van der Waals surface area contributed by atoms with Crippen molar-refractivity contribution in [1.82, 2.24) is 5.32 Å². The molecule has 0 aliphatic carbocycles. The molecule has 0 aromatic carbocycles. The number of nitrogens with one attached hydrogen (secondary N) is 1. The Morgan fingerprint density at radius 3 is 1.37 bits per heavy atom. The number of phosphoric ester groups is 1. The van der Waals surface area contributed by atoms with Gasteiger partial charge in [-0.15, -0.1) is 0 Å². The summed E-state index contributed by atoms with van der Waals surface area (Å²) >= 11 is 0. The molecule has 0 fully saturated rings. The van der Waals surface area contributed by atoms with Crippen LogP contribution < -0.4 is 11.1 Å². The number of unbranched alkanes of at least 4 members (excludes halogenated alkanes) is 30. The van der Waals surface area contributed by atoms with Crippen molar-refractivity contribution in [2.24, 2.45) is 5.73 Å². The number of amides is 1. The summed E-state index contributed by atoms with van der Waals surface area (Å²) in [6.45, 7) is 4.23. The second-order valence-electron chi connectivity index (χ2n) is 16.0. The zero-order valence-corrected chi connectivity index (χ0v) is 36.6. The van der Waals surface area contributed by atoms with Crippen molar-refractivity contribution in [3.05, 3.63) is 12.2 Å². The van der Waals surface area contributed by atoms with E-state index in [0.29, 0.717) is 12.8 Å². The van der Waals surface area contributed by atoms with E-state index in [2.05, 4.69) is 31.3 Å². The highest BCUT2D eigenvalue weighted by atomic mass is 31.2. The maximum absolute atomic E-state index is 12.8. The predicted molar refractivity (Wildman–Crippen MR) is 231 cm³/mol. The van der Waals surface area contributed by atoms with Gasteiger partial charge in [0.05, 0.1) is 25.4 Å². The van der Waals surface area contributed by atoms with Crippen LogP contribution in [0.15, 0.2) is 12.2 Å². The number of nitrogens with two attached hydrogens (primary N) is 1. The van der Waals surface area contributed by atoms with Gasteiger partial charge >= 0.3 is 7.82 Å². The third kappa shape index (κ3) is 39.5. The highest BCUT2D eigenvalue weighted by Crippen LogP contribution is 2.43. The van der Waals surface area contributed by atoms with Crippen molar-refractivity contribution in [1.29, 1.82) is 0 Å². The number of aliphatic hydroxyl groups is 1. The third-order valence-electron chi connectivity index (χ3n) is 10.6. The van der Waals surface area contributed by atoms with Gasteiger partial charge < -0.3 is 21.1 Å². The molecular weight excluding hydrogens is 695 g/mol. The molecule has 0 aromatic rings. The summed E-state index contributed by atoms with van der Waals surface area (Å²) in [4.78, 5) is 22.8. The Balaban J connectivity index is 4.10. The number of carbonyl (C=O) groups excluding carboxylic acids is 1. The molecule has 3 atom stereocenters. The summed E-state index contributed by atoms with van der Waals surface area (Å²) < 4.78 is 22.2. The Bertz CT molecular complexity index is 860. The molecule has 3 unspecified atom stereocenters.